The van der Waals surface area contributed by atoms with Crippen LogP contribution in [0.15, 0.2) is 5.38 Å². The van der Waals surface area contributed by atoms with Crippen molar-refractivity contribution >= 4 is 53.1 Å². The van der Waals surface area contributed by atoms with Crippen molar-refractivity contribution in [2.45, 2.75) is 52.0 Å². The number of aromatic nitrogens is 1. The van der Waals surface area contributed by atoms with Crippen LogP contribution in [0, 0.1) is 11.8 Å². The van der Waals surface area contributed by atoms with E-state index in [0.29, 0.717) is 23.3 Å². The van der Waals surface area contributed by atoms with Gasteiger partial charge in [0.2, 0.25) is 11.8 Å². The van der Waals surface area contributed by atoms with Crippen molar-refractivity contribution in [1.82, 2.24) is 10.3 Å². The number of amides is 2. The number of hydrogen-bond donors (Lipinski definition) is 3. The fourth-order valence-electron chi connectivity index (χ4n) is 2.80. The molecule has 1 saturated carbocycles. The maximum absolute atomic E-state index is 12.2. The Hall–Kier alpha value is -0.890. The third-order valence-electron chi connectivity index (χ3n) is 4.21. The first-order valence-electron chi connectivity index (χ1n) is 8.24. The molecule has 6 nitrogen and oxygen atoms in total. The van der Waals surface area contributed by atoms with E-state index in [2.05, 4.69) is 15.6 Å². The summed E-state index contributed by atoms with van der Waals surface area (Å²) in [5.41, 5.74) is 6.48. The maximum Gasteiger partial charge on any atom is 0.228 e. The van der Waals surface area contributed by atoms with Gasteiger partial charge >= 0.3 is 0 Å². The van der Waals surface area contributed by atoms with Crippen LogP contribution in [0.2, 0.25) is 0 Å². The fourth-order valence-corrected chi connectivity index (χ4v) is 3.51. The van der Waals surface area contributed by atoms with Crippen LogP contribution in [0.25, 0.3) is 0 Å². The van der Waals surface area contributed by atoms with Crippen LogP contribution in [-0.2, 0) is 16.0 Å². The molecule has 0 saturated heterocycles. The zero-order chi connectivity index (χ0) is 16.8. The van der Waals surface area contributed by atoms with Crippen molar-refractivity contribution in [2.24, 2.45) is 17.6 Å². The Labute approximate surface area is 165 Å². The van der Waals surface area contributed by atoms with Crippen molar-refractivity contribution in [3.63, 3.8) is 0 Å². The second kappa shape index (κ2) is 11.7. The molecule has 1 aliphatic carbocycles. The number of nitrogens with one attached hydrogen (secondary N) is 2. The largest absolute Gasteiger partial charge is 0.353 e. The van der Waals surface area contributed by atoms with Gasteiger partial charge in [-0.2, -0.15) is 0 Å². The van der Waals surface area contributed by atoms with E-state index in [1.165, 1.54) is 17.8 Å². The van der Waals surface area contributed by atoms with E-state index in [0.717, 1.165) is 19.3 Å². The van der Waals surface area contributed by atoms with E-state index in [4.69, 9.17) is 5.73 Å². The van der Waals surface area contributed by atoms with Crippen LogP contribution >= 0.6 is 36.2 Å². The smallest absolute Gasteiger partial charge is 0.228 e. The second-order valence-corrected chi connectivity index (χ2v) is 7.28. The van der Waals surface area contributed by atoms with Gasteiger partial charge < -0.3 is 16.4 Å². The normalized spacial score (nSPS) is 19.5. The van der Waals surface area contributed by atoms with Crippen molar-refractivity contribution < 1.29 is 9.59 Å². The van der Waals surface area contributed by atoms with Gasteiger partial charge in [-0.05, 0) is 25.3 Å². The summed E-state index contributed by atoms with van der Waals surface area (Å²) < 4.78 is 0. The van der Waals surface area contributed by atoms with Crippen molar-refractivity contribution in [1.29, 1.82) is 0 Å². The number of anilines is 1. The molecule has 0 radical (unpaired) electrons. The molecule has 1 aromatic rings. The Morgan fingerprint density at radius 1 is 1.32 bits per heavy atom. The van der Waals surface area contributed by atoms with Gasteiger partial charge in [-0.25, -0.2) is 4.98 Å². The van der Waals surface area contributed by atoms with Gasteiger partial charge in [-0.15, -0.1) is 36.2 Å². The molecule has 2 unspecified atom stereocenters. The minimum Gasteiger partial charge on any atom is -0.353 e. The van der Waals surface area contributed by atoms with Crippen LogP contribution in [0.1, 0.15) is 45.2 Å². The number of carbonyl (C=O) groups excluding carboxylic acids is 2. The number of nitrogens with zero attached hydrogens (tertiary/aromatic N) is 1. The molecule has 1 heterocycles. The summed E-state index contributed by atoms with van der Waals surface area (Å²) in [4.78, 5) is 28.2. The summed E-state index contributed by atoms with van der Waals surface area (Å²) in [6, 6.07) is 0.181. The molecule has 1 aliphatic rings. The molecule has 0 aliphatic heterocycles. The Balaban J connectivity index is 0.00000288. The summed E-state index contributed by atoms with van der Waals surface area (Å²) in [5.74, 6) is 0.194. The molecule has 9 heteroatoms. The Morgan fingerprint density at radius 3 is 2.64 bits per heavy atom. The summed E-state index contributed by atoms with van der Waals surface area (Å²) >= 11 is 1.35. The second-order valence-electron chi connectivity index (χ2n) is 6.42. The molecule has 2 rings (SSSR count). The van der Waals surface area contributed by atoms with Gasteiger partial charge in [-0.1, -0.05) is 26.7 Å². The van der Waals surface area contributed by atoms with Crippen LogP contribution in [0.5, 0.6) is 0 Å². The van der Waals surface area contributed by atoms with E-state index in [-0.39, 0.29) is 55.0 Å². The zero-order valence-electron chi connectivity index (χ0n) is 14.6. The van der Waals surface area contributed by atoms with Gasteiger partial charge in [0, 0.05) is 17.3 Å². The molecule has 1 fully saturated rings. The molecule has 0 spiro atoms. The summed E-state index contributed by atoms with van der Waals surface area (Å²) in [5, 5.41) is 8.21. The highest BCUT2D eigenvalue weighted by atomic mass is 35.5. The standard InChI is InChI=1S/C16H26N4O2S.2ClH/c1-10(2)15(22)20-16-18-12(9-23-16)7-14(21)19-13-6-4-3-5-11(13)8-17;;/h9-11,13H,3-8,17H2,1-2H3,(H,19,21)(H,18,20,22);2*1H. The molecule has 2 amide bonds. The van der Waals surface area contributed by atoms with Crippen molar-refractivity contribution in [3.05, 3.63) is 11.1 Å². The lowest BCUT2D eigenvalue weighted by Gasteiger charge is -2.31. The van der Waals surface area contributed by atoms with Gasteiger partial charge in [-0.3, -0.25) is 9.59 Å². The third-order valence-corrected chi connectivity index (χ3v) is 5.01. The van der Waals surface area contributed by atoms with Crippen LogP contribution < -0.4 is 16.4 Å². The molecule has 144 valence electrons. The molecular formula is C16H28Cl2N4O2S. The number of carbonyl (C=O) groups is 2. The SMILES string of the molecule is CC(C)C(=O)Nc1nc(CC(=O)NC2CCCCC2CN)cs1.Cl.Cl. The summed E-state index contributed by atoms with van der Waals surface area (Å²) in [6.07, 6.45) is 4.66. The minimum atomic E-state index is -0.0925. The minimum absolute atomic E-state index is 0. The van der Waals surface area contributed by atoms with E-state index in [9.17, 15) is 9.59 Å². The number of halogens is 2. The zero-order valence-corrected chi connectivity index (χ0v) is 17.1. The first kappa shape index (κ1) is 24.1. The highest BCUT2D eigenvalue weighted by molar-refractivity contribution is 7.13. The van der Waals surface area contributed by atoms with Crippen molar-refractivity contribution in [2.75, 3.05) is 11.9 Å². The monoisotopic (exact) mass is 410 g/mol. The molecular weight excluding hydrogens is 383 g/mol. The van der Waals surface area contributed by atoms with Gasteiger partial charge in [0.1, 0.15) is 0 Å². The van der Waals surface area contributed by atoms with Crippen LogP contribution in [0.4, 0.5) is 5.13 Å². The lowest BCUT2D eigenvalue weighted by Crippen LogP contribution is -2.45. The van der Waals surface area contributed by atoms with E-state index < -0.39 is 0 Å². The molecule has 0 bridgehead atoms. The lowest BCUT2D eigenvalue weighted by molar-refractivity contribution is -0.121. The maximum atomic E-state index is 12.2. The lowest BCUT2D eigenvalue weighted by atomic mass is 9.84. The third kappa shape index (κ3) is 7.48. The Morgan fingerprint density at radius 2 is 2.00 bits per heavy atom. The predicted octanol–water partition coefficient (Wildman–Crippen LogP) is 2.76. The predicted molar refractivity (Wildman–Crippen MR) is 107 cm³/mol. The topological polar surface area (TPSA) is 97.1 Å². The summed E-state index contributed by atoms with van der Waals surface area (Å²) in [6.45, 7) is 4.28. The number of thiazole rings is 1. The molecule has 25 heavy (non-hydrogen) atoms. The van der Waals surface area contributed by atoms with Gasteiger partial charge in [0.05, 0.1) is 12.1 Å². The van der Waals surface area contributed by atoms with E-state index >= 15 is 0 Å². The van der Waals surface area contributed by atoms with E-state index in [1.54, 1.807) is 0 Å². The van der Waals surface area contributed by atoms with Gasteiger partial charge in [0.15, 0.2) is 5.13 Å². The van der Waals surface area contributed by atoms with Crippen molar-refractivity contribution in [3.8, 4) is 0 Å². The first-order chi connectivity index (χ1) is 11.0. The number of rotatable bonds is 6. The number of nitrogens with two attached hydrogens (primary N) is 1. The Bertz CT molecular complexity index is 554. The highest BCUT2D eigenvalue weighted by Crippen LogP contribution is 2.23. The van der Waals surface area contributed by atoms with Crippen LogP contribution in [-0.4, -0.2) is 29.4 Å². The Kier molecular flexibility index (Phi) is 11.3. The average molecular weight is 411 g/mol. The summed E-state index contributed by atoms with van der Waals surface area (Å²) in [7, 11) is 0. The fraction of sp³-hybridized carbons (Fsp3) is 0.688. The molecule has 2 atom stereocenters. The first-order valence-corrected chi connectivity index (χ1v) is 9.12. The van der Waals surface area contributed by atoms with Crippen LogP contribution in [0.3, 0.4) is 0 Å². The quantitative estimate of drug-likeness (QED) is 0.671. The van der Waals surface area contributed by atoms with E-state index in [1.807, 2.05) is 19.2 Å². The molecule has 1 aromatic heterocycles. The highest BCUT2D eigenvalue weighted by Gasteiger charge is 2.25. The molecule has 4 N–H and O–H groups in total. The van der Waals surface area contributed by atoms with Gasteiger partial charge in [0.25, 0.3) is 0 Å². The molecule has 0 aromatic carbocycles. The number of hydrogen-bond acceptors (Lipinski definition) is 5. The average Bonchev–Trinajstić information content (AvgIpc) is 2.94.